The number of aliphatic hydroxyl groups is 1. The summed E-state index contributed by atoms with van der Waals surface area (Å²) in [5.74, 6) is 0.522. The first kappa shape index (κ1) is 54.0. The second-order valence-corrected chi connectivity index (χ2v) is 29.7. The van der Waals surface area contributed by atoms with E-state index in [1.807, 2.05) is 43.3 Å². The van der Waals surface area contributed by atoms with Crippen LogP contribution in [0.2, 0.25) is 36.3 Å². The van der Waals surface area contributed by atoms with Gasteiger partial charge in [0.2, 0.25) is 0 Å². The van der Waals surface area contributed by atoms with Crippen LogP contribution in [0.3, 0.4) is 0 Å². The zero-order valence-corrected chi connectivity index (χ0v) is 44.4. The van der Waals surface area contributed by atoms with Gasteiger partial charge in [0.05, 0.1) is 65.8 Å². The van der Waals surface area contributed by atoms with E-state index in [1.165, 1.54) is 7.11 Å². The van der Waals surface area contributed by atoms with E-state index < -0.39 is 28.6 Å². The number of carbonyl (C=O) groups excluding carboxylic acids is 2. The highest BCUT2D eigenvalue weighted by Crippen LogP contribution is 2.42. The Morgan fingerprint density at radius 2 is 1.45 bits per heavy atom. The number of esters is 2. The van der Waals surface area contributed by atoms with Gasteiger partial charge in [-0.25, -0.2) is 9.53 Å². The molecule has 2 fully saturated rings. The van der Waals surface area contributed by atoms with E-state index in [-0.39, 0.29) is 46.8 Å². The molecule has 0 saturated carbocycles. The predicted octanol–water partition coefficient (Wildman–Crippen LogP) is 8.87. The molecule has 60 heavy (non-hydrogen) atoms. The zero-order valence-electron chi connectivity index (χ0n) is 38.1. The Morgan fingerprint density at radius 1 is 0.933 bits per heavy atom. The Kier molecular flexibility index (Phi) is 21.2. The number of fused-ring (bicyclic) bond motifs is 1. The molecule has 0 aliphatic carbocycles. The Hall–Kier alpha value is -2.12. The third-order valence-corrected chi connectivity index (χ3v) is 21.9. The third-order valence-electron chi connectivity index (χ3n) is 11.2. The lowest BCUT2D eigenvalue weighted by atomic mass is 9.93. The van der Waals surface area contributed by atoms with E-state index in [1.54, 1.807) is 38.3 Å². The van der Waals surface area contributed by atoms with Crippen LogP contribution >= 0.6 is 45.2 Å². The van der Waals surface area contributed by atoms with Crippen LogP contribution in [-0.4, -0.2) is 109 Å². The maximum absolute atomic E-state index is 12.6. The number of carbonyl (C=O) groups is 2. The molecule has 5 atom stereocenters. The highest BCUT2D eigenvalue weighted by atomic mass is 127. The lowest BCUT2D eigenvalue weighted by molar-refractivity contribution is -0.469. The van der Waals surface area contributed by atoms with Gasteiger partial charge in [-0.2, -0.15) is 5.06 Å². The number of ether oxygens (including phenoxy) is 4. The van der Waals surface area contributed by atoms with Crippen molar-refractivity contribution in [1.82, 2.24) is 5.06 Å². The number of hydroxylamine groups is 3. The van der Waals surface area contributed by atoms with Crippen molar-refractivity contribution in [2.45, 2.75) is 129 Å². The van der Waals surface area contributed by atoms with E-state index >= 15 is 0 Å². The minimum atomic E-state index is -1.92. The molecule has 0 radical (unpaired) electrons. The third kappa shape index (κ3) is 15.6. The van der Waals surface area contributed by atoms with Crippen LogP contribution in [0.5, 0.6) is 11.5 Å². The topological polar surface area (TPSA) is 148 Å². The molecule has 2 saturated heterocycles. The summed E-state index contributed by atoms with van der Waals surface area (Å²) in [7, 11) is 0.897. The first-order chi connectivity index (χ1) is 27.7. The van der Waals surface area contributed by atoms with E-state index in [2.05, 4.69) is 118 Å². The Labute approximate surface area is 387 Å². The summed E-state index contributed by atoms with van der Waals surface area (Å²) in [6.45, 7) is 27.5. The van der Waals surface area contributed by atoms with Gasteiger partial charge in [-0.1, -0.05) is 71.9 Å². The number of hydrogen-bond acceptors (Lipinski definition) is 12. The molecule has 2 heterocycles. The fourth-order valence-corrected chi connectivity index (χ4v) is 9.25. The Bertz CT molecular complexity index is 1780. The molecule has 0 aromatic heterocycles. The van der Waals surface area contributed by atoms with Crippen molar-refractivity contribution < 1.29 is 52.1 Å². The number of halogens is 2. The van der Waals surface area contributed by atoms with E-state index in [0.29, 0.717) is 30.2 Å². The first-order valence-corrected chi connectivity index (χ1v) is 27.9. The Balaban J connectivity index is 0.000000341. The van der Waals surface area contributed by atoms with Crippen molar-refractivity contribution in [3.8, 4) is 11.5 Å². The molecule has 0 spiro atoms. The standard InChI is InChI=1S/C21H32INO5Si.C11H12INO4.C11H24O2Si/c1-13-17-16(12-26-29(6,7)21(2,3)4)28-23(18(17)20(24)27-13)11-14-9-8-10-15(22)19(14)25-5;1-16-10(14)7-13(15)6-8-4-3-5-9(12)11(8)17-2;1-10(12)8-7-9-13-14(5,6)11(2,3)4/h8-10,13,16-18H,11-12H2,1-7H3;3-5,7H,6H2,1-2H3;7-8,10,12H,9H2,1-6H3/b;13-7-;8-7-/t13-,16-,17+,18-;;/m0../s1. The molecule has 2 aromatic rings. The Morgan fingerprint density at radius 3 is 1.95 bits per heavy atom. The van der Waals surface area contributed by atoms with Gasteiger partial charge in [0, 0.05) is 5.56 Å². The minimum Gasteiger partial charge on any atom is -0.623 e. The van der Waals surface area contributed by atoms with Crippen LogP contribution in [0.4, 0.5) is 0 Å². The fourth-order valence-electron chi connectivity index (χ4n) is 5.74. The molecule has 2 aliphatic heterocycles. The molecule has 17 heteroatoms. The number of rotatable bonds is 14. The lowest BCUT2D eigenvalue weighted by Crippen LogP contribution is -2.44. The van der Waals surface area contributed by atoms with Crippen molar-refractivity contribution in [3.05, 3.63) is 72.0 Å². The van der Waals surface area contributed by atoms with E-state index in [4.69, 9.17) is 33.0 Å². The van der Waals surface area contributed by atoms with Crippen LogP contribution in [0.15, 0.2) is 48.6 Å². The van der Waals surface area contributed by atoms with Crippen molar-refractivity contribution in [2.24, 2.45) is 5.92 Å². The summed E-state index contributed by atoms with van der Waals surface area (Å²) in [4.78, 5) is 29.8. The maximum atomic E-state index is 12.6. The number of cyclic esters (lactones) is 1. The first-order valence-electron chi connectivity index (χ1n) is 20.0. The average molecular weight is 1100 g/mol. The molecule has 2 aliphatic rings. The summed E-state index contributed by atoms with van der Waals surface area (Å²) >= 11 is 4.37. The summed E-state index contributed by atoms with van der Waals surface area (Å²) in [5, 5.41) is 22.6. The van der Waals surface area contributed by atoms with Crippen molar-refractivity contribution in [1.29, 1.82) is 0 Å². The molecule has 1 unspecified atom stereocenters. The molecule has 13 nitrogen and oxygen atoms in total. The van der Waals surface area contributed by atoms with Crippen LogP contribution in [0, 0.1) is 18.3 Å². The largest absolute Gasteiger partial charge is 0.623 e. The second-order valence-electron chi connectivity index (χ2n) is 17.8. The van der Waals surface area contributed by atoms with Gasteiger partial charge in [0.1, 0.15) is 29.7 Å². The van der Waals surface area contributed by atoms with Gasteiger partial charge in [0.15, 0.2) is 23.2 Å². The fraction of sp³-hybridized carbons (Fsp3) is 0.605. The van der Waals surface area contributed by atoms with Gasteiger partial charge in [-0.15, -0.1) is 0 Å². The minimum absolute atomic E-state index is 0.0368. The van der Waals surface area contributed by atoms with Crippen LogP contribution in [0.25, 0.3) is 0 Å². The highest BCUT2D eigenvalue weighted by molar-refractivity contribution is 14.1. The zero-order chi connectivity index (χ0) is 45.8. The van der Waals surface area contributed by atoms with Gasteiger partial charge in [-0.3, -0.25) is 9.63 Å². The average Bonchev–Trinajstić information content (AvgIpc) is 3.65. The molecule has 2 aromatic carbocycles. The number of benzene rings is 2. The molecule has 0 bridgehead atoms. The van der Waals surface area contributed by atoms with Crippen LogP contribution < -0.4 is 9.47 Å². The molecular weight excluding hydrogens is 1030 g/mol. The summed E-state index contributed by atoms with van der Waals surface area (Å²) < 4.78 is 35.5. The lowest BCUT2D eigenvalue weighted by Gasteiger charge is -2.37. The van der Waals surface area contributed by atoms with Gasteiger partial charge >= 0.3 is 11.9 Å². The second kappa shape index (κ2) is 23.5. The predicted molar refractivity (Wildman–Crippen MR) is 257 cm³/mol. The van der Waals surface area contributed by atoms with E-state index in [0.717, 1.165) is 30.2 Å². The number of nitrogens with zero attached hydrogens (tertiary/aromatic N) is 2. The molecular formula is C43H68I2N2O11Si2. The molecule has 338 valence electrons. The van der Waals surface area contributed by atoms with Gasteiger partial charge < -0.3 is 38.1 Å². The number of para-hydroxylation sites is 2. The summed E-state index contributed by atoms with van der Waals surface area (Å²) in [5.41, 5.74) is 1.70. The van der Waals surface area contributed by atoms with Crippen LogP contribution in [0.1, 0.15) is 66.5 Å². The van der Waals surface area contributed by atoms with Crippen molar-refractivity contribution >= 4 is 80.0 Å². The summed E-state index contributed by atoms with van der Waals surface area (Å²) in [6.07, 6.45) is 3.74. The van der Waals surface area contributed by atoms with Crippen molar-refractivity contribution in [3.63, 3.8) is 0 Å². The molecule has 1 N–H and O–H groups in total. The number of hydrogen-bond donors (Lipinski definition) is 1. The smallest absolute Gasteiger partial charge is 0.396 e. The van der Waals surface area contributed by atoms with Gasteiger partial charge in [-0.05, 0) is 113 Å². The maximum Gasteiger partial charge on any atom is 0.396 e. The van der Waals surface area contributed by atoms with Crippen molar-refractivity contribution in [2.75, 3.05) is 34.5 Å². The van der Waals surface area contributed by atoms with E-state index in [9.17, 15) is 14.8 Å². The number of aliphatic hydroxyl groups excluding tert-OH is 1. The normalized spacial score (nSPS) is 20.4. The number of methoxy groups -OCH3 is 3. The van der Waals surface area contributed by atoms with Crippen LogP contribution in [-0.2, 0) is 45.8 Å². The SMILES string of the molecule is CC(O)/C=C\CO[Si](C)(C)C(C)(C)C.COC(=O)/C=[N+](\[O-])Cc1cccc(I)c1OC.COc1c(I)cccc1CN1O[C@@H](CO[Si](C)(C)C(C)(C)C)[C@H]2[C@H](C)OC(=O)[C@H]21. The van der Waals surface area contributed by atoms with Gasteiger partial charge in [0.25, 0.3) is 6.21 Å². The monoisotopic (exact) mass is 1100 g/mol. The molecule has 4 rings (SSSR count). The highest BCUT2D eigenvalue weighted by Gasteiger charge is 2.57. The molecule has 0 amide bonds. The quantitative estimate of drug-likeness (QED) is 0.0282. The summed E-state index contributed by atoms with van der Waals surface area (Å²) in [6, 6.07) is 11.0.